The van der Waals surface area contributed by atoms with Gasteiger partial charge in [-0.1, -0.05) is 12.1 Å². The van der Waals surface area contributed by atoms with E-state index < -0.39 is 10.0 Å². The molecule has 3 nitrogen and oxygen atoms in total. The molecule has 0 amide bonds. The molecule has 1 unspecified atom stereocenters. The van der Waals surface area contributed by atoms with Gasteiger partial charge < -0.3 is 0 Å². The number of nitrogens with zero attached hydrogens (tertiary/aromatic N) is 1. The van der Waals surface area contributed by atoms with Gasteiger partial charge in [0, 0.05) is 19.0 Å². The lowest BCUT2D eigenvalue weighted by molar-refractivity contribution is 0.357. The first-order valence-corrected chi connectivity index (χ1v) is 8.07. The lowest BCUT2D eigenvalue weighted by Gasteiger charge is -2.24. The predicted octanol–water partition coefficient (Wildman–Crippen LogP) is 2.84. The van der Waals surface area contributed by atoms with Crippen LogP contribution < -0.4 is 0 Å². The van der Waals surface area contributed by atoms with Crippen molar-refractivity contribution < 1.29 is 8.42 Å². The highest BCUT2D eigenvalue weighted by Crippen LogP contribution is 2.36. The average molecular weight is 288 g/mol. The van der Waals surface area contributed by atoms with Crippen LogP contribution >= 0.6 is 11.6 Å². The van der Waals surface area contributed by atoms with E-state index in [0.29, 0.717) is 16.7 Å². The highest BCUT2D eigenvalue weighted by Gasteiger charge is 2.35. The van der Waals surface area contributed by atoms with Gasteiger partial charge in [0.15, 0.2) is 0 Å². The highest BCUT2D eigenvalue weighted by atomic mass is 35.5. The molecule has 1 aromatic rings. The Labute approximate surface area is 114 Å². The van der Waals surface area contributed by atoms with E-state index in [1.165, 1.54) is 4.31 Å². The molecule has 2 rings (SSSR count). The number of hydrogen-bond donors (Lipinski definition) is 0. The second-order valence-corrected chi connectivity index (χ2v) is 7.15. The first-order valence-electron chi connectivity index (χ1n) is 6.09. The van der Waals surface area contributed by atoms with Crippen LogP contribution in [0.1, 0.15) is 25.3 Å². The van der Waals surface area contributed by atoms with Crippen LogP contribution in [0.15, 0.2) is 29.2 Å². The summed E-state index contributed by atoms with van der Waals surface area (Å²) in [6.07, 6.45) is 2.26. The maximum atomic E-state index is 12.5. The van der Waals surface area contributed by atoms with Gasteiger partial charge in [-0.25, -0.2) is 8.42 Å². The zero-order valence-electron chi connectivity index (χ0n) is 10.6. The van der Waals surface area contributed by atoms with Crippen molar-refractivity contribution in [2.45, 2.75) is 36.6 Å². The van der Waals surface area contributed by atoms with Crippen LogP contribution in [0.2, 0.25) is 0 Å². The van der Waals surface area contributed by atoms with Crippen molar-refractivity contribution in [3.63, 3.8) is 0 Å². The van der Waals surface area contributed by atoms with Crippen molar-refractivity contribution in [2.75, 3.05) is 7.05 Å². The summed E-state index contributed by atoms with van der Waals surface area (Å²) >= 11 is 5.74. The molecule has 100 valence electrons. The van der Waals surface area contributed by atoms with Gasteiger partial charge in [-0.3, -0.25) is 0 Å². The molecule has 1 aromatic carbocycles. The molecule has 1 atom stereocenters. The minimum Gasteiger partial charge on any atom is -0.207 e. The van der Waals surface area contributed by atoms with Crippen LogP contribution in [0.25, 0.3) is 0 Å². The van der Waals surface area contributed by atoms with Crippen molar-refractivity contribution in [1.29, 1.82) is 0 Å². The fourth-order valence-electron chi connectivity index (χ4n) is 2.05. The van der Waals surface area contributed by atoms with Crippen molar-refractivity contribution in [2.24, 2.45) is 5.92 Å². The molecule has 0 N–H and O–H groups in total. The van der Waals surface area contributed by atoms with Crippen LogP contribution in [-0.4, -0.2) is 25.8 Å². The molecule has 0 aliphatic heterocycles. The Morgan fingerprint density at radius 2 is 2.11 bits per heavy atom. The van der Waals surface area contributed by atoms with E-state index in [0.717, 1.165) is 18.4 Å². The van der Waals surface area contributed by atoms with Gasteiger partial charge in [-0.15, -0.1) is 11.6 Å². The van der Waals surface area contributed by atoms with E-state index in [1.807, 2.05) is 13.0 Å². The van der Waals surface area contributed by atoms with Gasteiger partial charge in [-0.05, 0) is 43.4 Å². The van der Waals surface area contributed by atoms with Crippen molar-refractivity contribution in [3.8, 4) is 0 Å². The van der Waals surface area contributed by atoms with E-state index in [1.54, 1.807) is 25.2 Å². The summed E-state index contributed by atoms with van der Waals surface area (Å²) in [5, 5.41) is 0. The lowest BCUT2D eigenvalue weighted by atomic mass is 10.2. The third-order valence-electron chi connectivity index (χ3n) is 3.61. The Morgan fingerprint density at radius 1 is 1.44 bits per heavy atom. The quantitative estimate of drug-likeness (QED) is 0.781. The van der Waals surface area contributed by atoms with E-state index in [2.05, 4.69) is 0 Å². The fraction of sp³-hybridized carbons (Fsp3) is 0.538. The second kappa shape index (κ2) is 5.19. The smallest absolute Gasteiger partial charge is 0.207 e. The average Bonchev–Trinajstić information content (AvgIpc) is 3.21. The summed E-state index contributed by atoms with van der Waals surface area (Å²) in [5.41, 5.74) is 0.824. The molecule has 0 aromatic heterocycles. The predicted molar refractivity (Wildman–Crippen MR) is 73.1 cm³/mol. The van der Waals surface area contributed by atoms with Gasteiger partial charge in [0.1, 0.15) is 0 Å². The SMILES string of the molecule is CC(C1CC1)N(C)S(=O)(=O)c1cccc(CCl)c1. The second-order valence-electron chi connectivity index (χ2n) is 4.88. The molecule has 1 fully saturated rings. The monoisotopic (exact) mass is 287 g/mol. The van der Waals surface area contributed by atoms with Crippen LogP contribution in [0.4, 0.5) is 0 Å². The maximum absolute atomic E-state index is 12.5. The number of halogens is 1. The Morgan fingerprint density at radius 3 is 2.67 bits per heavy atom. The standard InChI is InChI=1S/C13H18ClNO2S/c1-10(12-6-7-12)15(2)18(16,17)13-5-3-4-11(8-13)9-14/h3-5,8,10,12H,6-7,9H2,1-2H3. The Balaban J connectivity index is 2.28. The zero-order valence-corrected chi connectivity index (χ0v) is 12.2. The Bertz CT molecular complexity index is 526. The Kier molecular flexibility index (Phi) is 3.99. The number of rotatable bonds is 5. The van der Waals surface area contributed by atoms with Gasteiger partial charge in [-0.2, -0.15) is 4.31 Å². The molecular formula is C13H18ClNO2S. The van der Waals surface area contributed by atoms with E-state index in [4.69, 9.17) is 11.6 Å². The van der Waals surface area contributed by atoms with Gasteiger partial charge in [0.25, 0.3) is 0 Å². The molecule has 1 aliphatic rings. The first-order chi connectivity index (χ1) is 8.46. The molecule has 1 saturated carbocycles. The molecule has 0 bridgehead atoms. The number of benzene rings is 1. The molecule has 0 heterocycles. The number of sulfonamides is 1. The zero-order chi connectivity index (χ0) is 13.3. The van der Waals surface area contributed by atoms with E-state index in [9.17, 15) is 8.42 Å². The Hall–Kier alpha value is -0.580. The van der Waals surface area contributed by atoms with Gasteiger partial charge >= 0.3 is 0 Å². The third-order valence-corrected chi connectivity index (χ3v) is 5.86. The molecular weight excluding hydrogens is 270 g/mol. The topological polar surface area (TPSA) is 37.4 Å². The maximum Gasteiger partial charge on any atom is 0.243 e. The normalized spacial score (nSPS) is 18.0. The molecule has 1 aliphatic carbocycles. The molecule has 5 heteroatoms. The summed E-state index contributed by atoms with van der Waals surface area (Å²) in [5.74, 6) is 0.839. The first kappa shape index (κ1) is 13.8. The fourth-order valence-corrected chi connectivity index (χ4v) is 3.71. The van der Waals surface area contributed by atoms with E-state index >= 15 is 0 Å². The minimum atomic E-state index is -3.40. The summed E-state index contributed by atoms with van der Waals surface area (Å²) in [6, 6.07) is 6.91. The molecule has 0 spiro atoms. The lowest BCUT2D eigenvalue weighted by Crippen LogP contribution is -2.36. The van der Waals surface area contributed by atoms with Gasteiger partial charge in [0.05, 0.1) is 4.90 Å². The van der Waals surface area contributed by atoms with Crippen LogP contribution in [-0.2, 0) is 15.9 Å². The number of hydrogen-bond acceptors (Lipinski definition) is 2. The molecule has 0 saturated heterocycles. The molecule has 0 radical (unpaired) electrons. The van der Waals surface area contributed by atoms with Gasteiger partial charge in [0.2, 0.25) is 10.0 Å². The summed E-state index contributed by atoms with van der Waals surface area (Å²) in [6.45, 7) is 1.97. The van der Waals surface area contributed by atoms with Crippen molar-refractivity contribution in [3.05, 3.63) is 29.8 Å². The number of alkyl halides is 1. The van der Waals surface area contributed by atoms with Crippen LogP contribution in [0.5, 0.6) is 0 Å². The van der Waals surface area contributed by atoms with Crippen molar-refractivity contribution in [1.82, 2.24) is 4.31 Å². The highest BCUT2D eigenvalue weighted by molar-refractivity contribution is 7.89. The summed E-state index contributed by atoms with van der Waals surface area (Å²) < 4.78 is 26.4. The van der Waals surface area contributed by atoms with E-state index in [-0.39, 0.29) is 6.04 Å². The summed E-state index contributed by atoms with van der Waals surface area (Å²) in [4.78, 5) is 0.329. The van der Waals surface area contributed by atoms with Crippen molar-refractivity contribution >= 4 is 21.6 Å². The third kappa shape index (κ3) is 2.71. The minimum absolute atomic E-state index is 0.0645. The van der Waals surface area contributed by atoms with Crippen LogP contribution in [0, 0.1) is 5.92 Å². The molecule has 18 heavy (non-hydrogen) atoms. The largest absolute Gasteiger partial charge is 0.243 e. The summed E-state index contributed by atoms with van der Waals surface area (Å²) in [7, 11) is -1.74. The van der Waals surface area contributed by atoms with Crippen LogP contribution in [0.3, 0.4) is 0 Å².